The molecule has 0 aromatic heterocycles. The molecular formula is C13H25NO. The van der Waals surface area contributed by atoms with E-state index in [-0.39, 0.29) is 5.54 Å². The van der Waals surface area contributed by atoms with Gasteiger partial charge in [0.25, 0.3) is 0 Å². The number of aliphatic hydroxyl groups excluding tert-OH is 1. The highest BCUT2D eigenvalue weighted by molar-refractivity contribution is 4.94. The lowest BCUT2D eigenvalue weighted by Crippen LogP contribution is -2.51. The monoisotopic (exact) mass is 211 g/mol. The van der Waals surface area contributed by atoms with Gasteiger partial charge < -0.3 is 10.4 Å². The molecule has 0 unspecified atom stereocenters. The standard InChI is InChI=1S/C13H25NO/c15-11-13(9-5-6-10-13)14-12-7-3-1-2-4-8-12/h12,14-15H,1-11H2. The highest BCUT2D eigenvalue weighted by Gasteiger charge is 2.34. The summed E-state index contributed by atoms with van der Waals surface area (Å²) < 4.78 is 0. The second kappa shape index (κ2) is 5.31. The van der Waals surface area contributed by atoms with Gasteiger partial charge in [-0.15, -0.1) is 0 Å². The van der Waals surface area contributed by atoms with E-state index < -0.39 is 0 Å². The first-order chi connectivity index (χ1) is 7.35. The van der Waals surface area contributed by atoms with Crippen molar-refractivity contribution in [1.82, 2.24) is 5.32 Å². The molecule has 88 valence electrons. The zero-order valence-corrected chi connectivity index (χ0v) is 9.80. The molecule has 0 heterocycles. The Morgan fingerprint density at radius 2 is 1.53 bits per heavy atom. The summed E-state index contributed by atoms with van der Waals surface area (Å²) in [6, 6.07) is 0.678. The average molecular weight is 211 g/mol. The van der Waals surface area contributed by atoms with Crippen molar-refractivity contribution in [3.05, 3.63) is 0 Å². The quantitative estimate of drug-likeness (QED) is 0.703. The van der Waals surface area contributed by atoms with Crippen molar-refractivity contribution in [2.45, 2.75) is 75.8 Å². The van der Waals surface area contributed by atoms with Gasteiger partial charge in [-0.05, 0) is 25.7 Å². The largest absolute Gasteiger partial charge is 0.394 e. The minimum Gasteiger partial charge on any atom is -0.394 e. The Hall–Kier alpha value is -0.0800. The Kier molecular flexibility index (Phi) is 4.04. The smallest absolute Gasteiger partial charge is 0.0613 e. The van der Waals surface area contributed by atoms with Gasteiger partial charge in [0.2, 0.25) is 0 Å². The molecule has 0 bridgehead atoms. The van der Waals surface area contributed by atoms with E-state index in [1.54, 1.807) is 0 Å². The van der Waals surface area contributed by atoms with Gasteiger partial charge in [0.15, 0.2) is 0 Å². The maximum absolute atomic E-state index is 9.55. The number of hydrogen-bond donors (Lipinski definition) is 2. The molecule has 0 saturated heterocycles. The first kappa shape index (κ1) is 11.4. The van der Waals surface area contributed by atoms with Gasteiger partial charge in [-0.1, -0.05) is 38.5 Å². The Balaban J connectivity index is 1.87. The second-order valence-corrected chi connectivity index (χ2v) is 5.48. The molecule has 0 aromatic carbocycles. The molecule has 0 aromatic rings. The van der Waals surface area contributed by atoms with Crippen molar-refractivity contribution in [1.29, 1.82) is 0 Å². The van der Waals surface area contributed by atoms with Crippen molar-refractivity contribution in [2.75, 3.05) is 6.61 Å². The molecule has 0 spiro atoms. The molecule has 2 heteroatoms. The molecule has 2 nitrogen and oxygen atoms in total. The fourth-order valence-electron chi connectivity index (χ4n) is 3.26. The van der Waals surface area contributed by atoms with Crippen LogP contribution >= 0.6 is 0 Å². The van der Waals surface area contributed by atoms with Crippen LogP contribution in [0.1, 0.15) is 64.2 Å². The molecule has 0 aliphatic heterocycles. The SMILES string of the molecule is OCC1(NC2CCCCCC2)CCCC1. The van der Waals surface area contributed by atoms with Gasteiger partial charge in [0.05, 0.1) is 6.61 Å². The van der Waals surface area contributed by atoms with E-state index in [2.05, 4.69) is 5.32 Å². The zero-order chi connectivity index (χ0) is 10.6. The van der Waals surface area contributed by atoms with E-state index in [1.807, 2.05) is 0 Å². The van der Waals surface area contributed by atoms with E-state index in [0.717, 1.165) is 0 Å². The molecule has 0 atom stereocenters. The Bertz CT molecular complexity index is 179. The lowest BCUT2D eigenvalue weighted by Gasteiger charge is -2.33. The third-order valence-corrected chi connectivity index (χ3v) is 4.23. The maximum Gasteiger partial charge on any atom is 0.0613 e. The van der Waals surface area contributed by atoms with E-state index in [1.165, 1.54) is 64.2 Å². The summed E-state index contributed by atoms with van der Waals surface area (Å²) in [5.74, 6) is 0. The van der Waals surface area contributed by atoms with E-state index in [0.29, 0.717) is 12.6 Å². The summed E-state index contributed by atoms with van der Waals surface area (Å²) in [6.45, 7) is 0.337. The molecule has 2 saturated carbocycles. The van der Waals surface area contributed by atoms with Crippen LogP contribution in [0.2, 0.25) is 0 Å². The highest BCUT2D eigenvalue weighted by atomic mass is 16.3. The number of nitrogens with one attached hydrogen (secondary N) is 1. The molecule has 2 fully saturated rings. The normalized spacial score (nSPS) is 27.8. The number of hydrogen-bond acceptors (Lipinski definition) is 2. The summed E-state index contributed by atoms with van der Waals surface area (Å²) in [4.78, 5) is 0. The molecule has 0 radical (unpaired) electrons. The summed E-state index contributed by atoms with van der Waals surface area (Å²) in [7, 11) is 0. The second-order valence-electron chi connectivity index (χ2n) is 5.48. The average Bonchev–Trinajstić information content (AvgIpc) is 2.57. The fourth-order valence-corrected chi connectivity index (χ4v) is 3.26. The van der Waals surface area contributed by atoms with Crippen molar-refractivity contribution in [3.8, 4) is 0 Å². The van der Waals surface area contributed by atoms with Crippen LogP contribution in [-0.2, 0) is 0 Å². The van der Waals surface area contributed by atoms with Gasteiger partial charge in [-0.2, -0.15) is 0 Å². The Labute approximate surface area is 93.5 Å². The molecule has 15 heavy (non-hydrogen) atoms. The van der Waals surface area contributed by atoms with Crippen LogP contribution in [0.4, 0.5) is 0 Å². The first-order valence-electron chi connectivity index (χ1n) is 6.73. The number of aliphatic hydroxyl groups is 1. The van der Waals surface area contributed by atoms with Crippen LogP contribution in [0.3, 0.4) is 0 Å². The summed E-state index contributed by atoms with van der Waals surface area (Å²) in [5.41, 5.74) is 0.0923. The van der Waals surface area contributed by atoms with Crippen LogP contribution in [0.15, 0.2) is 0 Å². The summed E-state index contributed by atoms with van der Waals surface area (Å²) >= 11 is 0. The van der Waals surface area contributed by atoms with Gasteiger partial charge in [-0.3, -0.25) is 0 Å². The van der Waals surface area contributed by atoms with Crippen LogP contribution in [0, 0.1) is 0 Å². The lowest BCUT2D eigenvalue weighted by molar-refractivity contribution is 0.147. The third-order valence-electron chi connectivity index (χ3n) is 4.23. The van der Waals surface area contributed by atoms with E-state index >= 15 is 0 Å². The van der Waals surface area contributed by atoms with Crippen LogP contribution < -0.4 is 5.32 Å². The predicted octanol–water partition coefficient (Wildman–Crippen LogP) is 2.60. The molecule has 2 rings (SSSR count). The zero-order valence-electron chi connectivity index (χ0n) is 9.80. The topological polar surface area (TPSA) is 32.3 Å². The Morgan fingerprint density at radius 1 is 0.933 bits per heavy atom. The van der Waals surface area contributed by atoms with Crippen molar-refractivity contribution < 1.29 is 5.11 Å². The third kappa shape index (κ3) is 2.94. The molecular weight excluding hydrogens is 186 g/mol. The van der Waals surface area contributed by atoms with Crippen molar-refractivity contribution in [2.24, 2.45) is 0 Å². The predicted molar refractivity (Wildman–Crippen MR) is 62.9 cm³/mol. The van der Waals surface area contributed by atoms with Gasteiger partial charge in [0.1, 0.15) is 0 Å². The van der Waals surface area contributed by atoms with Crippen LogP contribution in [0.25, 0.3) is 0 Å². The van der Waals surface area contributed by atoms with E-state index in [4.69, 9.17) is 0 Å². The van der Waals surface area contributed by atoms with Gasteiger partial charge in [-0.25, -0.2) is 0 Å². The summed E-state index contributed by atoms with van der Waals surface area (Å²) in [5, 5.41) is 13.3. The van der Waals surface area contributed by atoms with Crippen LogP contribution in [-0.4, -0.2) is 23.3 Å². The van der Waals surface area contributed by atoms with Gasteiger partial charge in [0, 0.05) is 11.6 Å². The van der Waals surface area contributed by atoms with Gasteiger partial charge >= 0.3 is 0 Å². The maximum atomic E-state index is 9.55. The molecule has 0 amide bonds. The van der Waals surface area contributed by atoms with E-state index in [9.17, 15) is 5.11 Å². The number of rotatable bonds is 3. The Morgan fingerprint density at radius 3 is 2.07 bits per heavy atom. The molecule has 2 aliphatic rings. The minimum absolute atomic E-state index is 0.0923. The fraction of sp³-hybridized carbons (Fsp3) is 1.00. The van der Waals surface area contributed by atoms with Crippen molar-refractivity contribution in [3.63, 3.8) is 0 Å². The molecule has 2 N–H and O–H groups in total. The highest BCUT2D eigenvalue weighted by Crippen LogP contribution is 2.31. The lowest BCUT2D eigenvalue weighted by atomic mass is 9.95. The molecule has 2 aliphatic carbocycles. The summed E-state index contributed by atoms with van der Waals surface area (Å²) in [6.07, 6.45) is 13.1. The minimum atomic E-state index is 0.0923. The van der Waals surface area contributed by atoms with Crippen LogP contribution in [0.5, 0.6) is 0 Å². The first-order valence-corrected chi connectivity index (χ1v) is 6.73. The van der Waals surface area contributed by atoms with Crippen molar-refractivity contribution >= 4 is 0 Å².